The van der Waals surface area contributed by atoms with Gasteiger partial charge in [0.1, 0.15) is 5.82 Å². The van der Waals surface area contributed by atoms with Gasteiger partial charge in [-0.3, -0.25) is 4.90 Å². The van der Waals surface area contributed by atoms with E-state index in [4.69, 9.17) is 4.98 Å². The minimum atomic E-state index is 0.569. The van der Waals surface area contributed by atoms with E-state index < -0.39 is 0 Å². The number of piperazine rings is 1. The quantitative estimate of drug-likeness (QED) is 0.862. The summed E-state index contributed by atoms with van der Waals surface area (Å²) in [5.41, 5.74) is 2.51. The fraction of sp³-hybridized carbons (Fsp3) is 0.526. The summed E-state index contributed by atoms with van der Waals surface area (Å²) >= 11 is 0. The number of aromatic nitrogens is 1. The van der Waals surface area contributed by atoms with Crippen molar-refractivity contribution >= 4 is 16.7 Å². The Labute approximate surface area is 132 Å². The van der Waals surface area contributed by atoms with E-state index in [2.05, 4.69) is 54.0 Å². The van der Waals surface area contributed by atoms with Gasteiger partial charge in [0.2, 0.25) is 0 Å². The second-order valence-electron chi connectivity index (χ2n) is 7.03. The number of hydrogen-bond donors (Lipinski definition) is 0. The lowest BCUT2D eigenvalue weighted by atomic mass is 10.0. The summed E-state index contributed by atoms with van der Waals surface area (Å²) in [4.78, 5) is 9.98. The van der Waals surface area contributed by atoms with Crippen LogP contribution in [-0.4, -0.2) is 42.1 Å². The number of benzene rings is 1. The lowest BCUT2D eigenvalue weighted by Gasteiger charge is -2.35. The largest absolute Gasteiger partial charge is 0.354 e. The van der Waals surface area contributed by atoms with E-state index in [0.29, 0.717) is 5.92 Å². The Balaban J connectivity index is 1.53. The predicted octanol–water partition coefficient (Wildman–Crippen LogP) is 3.64. The fourth-order valence-electron chi connectivity index (χ4n) is 3.42. The zero-order valence-corrected chi connectivity index (χ0v) is 13.6. The number of hydrogen-bond acceptors (Lipinski definition) is 3. The third-order valence-corrected chi connectivity index (χ3v) is 5.07. The molecule has 2 aromatic rings. The molecule has 116 valence electrons. The molecule has 0 spiro atoms. The Hall–Kier alpha value is -1.61. The van der Waals surface area contributed by atoms with Crippen molar-refractivity contribution in [3.63, 3.8) is 0 Å². The van der Waals surface area contributed by atoms with Crippen LogP contribution in [0.15, 0.2) is 30.3 Å². The normalized spacial score (nSPS) is 20.0. The van der Waals surface area contributed by atoms with Crippen LogP contribution in [0.25, 0.3) is 10.9 Å². The number of rotatable bonds is 3. The third-order valence-electron chi connectivity index (χ3n) is 5.07. The summed E-state index contributed by atoms with van der Waals surface area (Å²) in [6.45, 7) is 9.08. The van der Waals surface area contributed by atoms with Crippen LogP contribution in [0.3, 0.4) is 0 Å². The van der Waals surface area contributed by atoms with Crippen molar-refractivity contribution in [3.8, 4) is 0 Å². The van der Waals surface area contributed by atoms with Crippen molar-refractivity contribution in [2.75, 3.05) is 31.1 Å². The van der Waals surface area contributed by atoms with Crippen LogP contribution in [0.4, 0.5) is 5.82 Å². The third kappa shape index (κ3) is 2.70. The molecule has 1 aromatic heterocycles. The molecule has 0 N–H and O–H groups in total. The molecule has 0 unspecified atom stereocenters. The van der Waals surface area contributed by atoms with Crippen molar-refractivity contribution in [1.82, 2.24) is 9.88 Å². The summed E-state index contributed by atoms with van der Waals surface area (Å²) in [5.74, 6) is 1.71. The minimum absolute atomic E-state index is 0.569. The molecule has 1 saturated carbocycles. The molecule has 22 heavy (non-hydrogen) atoms. The monoisotopic (exact) mass is 295 g/mol. The molecule has 0 bridgehead atoms. The Kier molecular flexibility index (Phi) is 3.53. The molecule has 4 rings (SSSR count). The fourth-order valence-corrected chi connectivity index (χ4v) is 3.42. The van der Waals surface area contributed by atoms with E-state index in [9.17, 15) is 0 Å². The first kappa shape index (κ1) is 14.0. The molecule has 0 amide bonds. The van der Waals surface area contributed by atoms with Gasteiger partial charge in [0.25, 0.3) is 0 Å². The molecular formula is C19H25N3. The predicted molar refractivity (Wildman–Crippen MR) is 92.6 cm³/mol. The van der Waals surface area contributed by atoms with Gasteiger partial charge in [-0.2, -0.15) is 0 Å². The first-order valence-electron chi connectivity index (χ1n) is 8.60. The first-order valence-corrected chi connectivity index (χ1v) is 8.60. The average molecular weight is 295 g/mol. The van der Waals surface area contributed by atoms with Gasteiger partial charge in [-0.15, -0.1) is 0 Å². The summed E-state index contributed by atoms with van der Waals surface area (Å²) in [5, 5.41) is 1.26. The van der Waals surface area contributed by atoms with E-state index in [1.54, 1.807) is 0 Å². The van der Waals surface area contributed by atoms with Crippen LogP contribution in [0.2, 0.25) is 0 Å². The van der Waals surface area contributed by atoms with Gasteiger partial charge >= 0.3 is 0 Å². The maximum absolute atomic E-state index is 4.89. The van der Waals surface area contributed by atoms with Crippen molar-refractivity contribution in [2.24, 2.45) is 0 Å². The van der Waals surface area contributed by atoms with E-state index >= 15 is 0 Å². The Morgan fingerprint density at radius 3 is 2.45 bits per heavy atom. The molecule has 0 atom stereocenters. The van der Waals surface area contributed by atoms with Crippen molar-refractivity contribution in [2.45, 2.75) is 38.6 Å². The molecule has 3 nitrogen and oxygen atoms in total. The van der Waals surface area contributed by atoms with Gasteiger partial charge in [-0.05, 0) is 48.6 Å². The zero-order chi connectivity index (χ0) is 15.1. The number of anilines is 1. The lowest BCUT2D eigenvalue weighted by molar-refractivity contribution is 0.247. The number of fused-ring (bicyclic) bond motifs is 1. The Morgan fingerprint density at radius 2 is 1.77 bits per heavy atom. The maximum Gasteiger partial charge on any atom is 0.129 e. The maximum atomic E-state index is 4.89. The molecule has 0 radical (unpaired) electrons. The van der Waals surface area contributed by atoms with Gasteiger partial charge < -0.3 is 4.90 Å². The highest BCUT2D eigenvalue weighted by molar-refractivity contribution is 5.81. The zero-order valence-electron chi connectivity index (χ0n) is 13.6. The smallest absolute Gasteiger partial charge is 0.129 e. The van der Waals surface area contributed by atoms with Crippen LogP contribution in [-0.2, 0) is 0 Å². The molecule has 2 aliphatic rings. The van der Waals surface area contributed by atoms with Gasteiger partial charge in [0.15, 0.2) is 0 Å². The second-order valence-corrected chi connectivity index (χ2v) is 7.03. The number of pyridine rings is 1. The highest BCUT2D eigenvalue weighted by Crippen LogP contribution is 2.29. The minimum Gasteiger partial charge on any atom is -0.354 e. The standard InChI is InChI=1S/C19H25N3/c1-14(2)15-3-7-18-16(13-15)4-8-19(20-18)22-11-9-21(10-12-22)17-5-6-17/h3-4,7-8,13-14,17H,5-6,9-12H2,1-2H3. The van der Waals surface area contributed by atoms with Crippen molar-refractivity contribution in [1.29, 1.82) is 0 Å². The van der Waals surface area contributed by atoms with Crippen LogP contribution in [0, 0.1) is 0 Å². The first-order chi connectivity index (χ1) is 10.7. The van der Waals surface area contributed by atoms with Gasteiger partial charge in [0, 0.05) is 37.6 Å². The Morgan fingerprint density at radius 1 is 1.00 bits per heavy atom. The van der Waals surface area contributed by atoms with Crippen LogP contribution >= 0.6 is 0 Å². The molecule has 2 fully saturated rings. The van der Waals surface area contributed by atoms with Crippen molar-refractivity contribution in [3.05, 3.63) is 35.9 Å². The summed E-state index contributed by atoms with van der Waals surface area (Å²) < 4.78 is 0. The molecule has 3 heteroatoms. The summed E-state index contributed by atoms with van der Waals surface area (Å²) in [6.07, 6.45) is 2.82. The Bertz CT molecular complexity index is 667. The van der Waals surface area contributed by atoms with Crippen LogP contribution in [0.5, 0.6) is 0 Å². The molecule has 1 aromatic carbocycles. The van der Waals surface area contributed by atoms with E-state index in [-0.39, 0.29) is 0 Å². The van der Waals surface area contributed by atoms with E-state index in [1.807, 2.05) is 0 Å². The van der Waals surface area contributed by atoms with Crippen LogP contribution < -0.4 is 4.90 Å². The molecule has 2 heterocycles. The van der Waals surface area contributed by atoms with Gasteiger partial charge in [0.05, 0.1) is 5.52 Å². The highest BCUT2D eigenvalue weighted by Gasteiger charge is 2.31. The highest BCUT2D eigenvalue weighted by atomic mass is 15.3. The molecular weight excluding hydrogens is 270 g/mol. The molecule has 1 saturated heterocycles. The van der Waals surface area contributed by atoms with E-state index in [1.165, 1.54) is 36.9 Å². The molecule has 1 aliphatic heterocycles. The summed E-state index contributed by atoms with van der Waals surface area (Å²) in [6, 6.07) is 12.0. The topological polar surface area (TPSA) is 19.4 Å². The molecule has 1 aliphatic carbocycles. The second kappa shape index (κ2) is 5.54. The van der Waals surface area contributed by atoms with Gasteiger partial charge in [-0.25, -0.2) is 4.98 Å². The van der Waals surface area contributed by atoms with Crippen LogP contribution in [0.1, 0.15) is 38.2 Å². The lowest BCUT2D eigenvalue weighted by Crippen LogP contribution is -2.47. The van der Waals surface area contributed by atoms with Crippen molar-refractivity contribution < 1.29 is 0 Å². The van der Waals surface area contributed by atoms with Gasteiger partial charge in [-0.1, -0.05) is 19.9 Å². The summed E-state index contributed by atoms with van der Waals surface area (Å²) in [7, 11) is 0. The number of nitrogens with zero attached hydrogens (tertiary/aromatic N) is 3. The van der Waals surface area contributed by atoms with E-state index in [0.717, 1.165) is 30.5 Å². The average Bonchev–Trinajstić information content (AvgIpc) is 3.39. The SMILES string of the molecule is CC(C)c1ccc2nc(N3CCN(C4CC4)CC3)ccc2c1.